The number of hydrogen-bond donors (Lipinski definition) is 1. The van der Waals surface area contributed by atoms with Crippen LogP contribution in [0.15, 0.2) is 46.8 Å². The maximum atomic E-state index is 12.9. The molecular formula is C20H23Cl2NO5. The number of halogens is 2. The molecule has 0 aromatic heterocycles. The van der Waals surface area contributed by atoms with E-state index in [1.165, 1.54) is 0 Å². The SMILES string of the molecule is CCOC(=O)C1=C(COCCCl)N(C)C(C)=C(C(=O)O)C1c1ccccc1Cl. The first-order valence-corrected chi connectivity index (χ1v) is 9.72. The van der Waals surface area contributed by atoms with Gasteiger partial charge in [0.05, 0.1) is 42.6 Å². The number of carbonyl (C=O) groups is 2. The Balaban J connectivity index is 2.74. The van der Waals surface area contributed by atoms with Crippen molar-refractivity contribution in [2.24, 2.45) is 0 Å². The summed E-state index contributed by atoms with van der Waals surface area (Å²) in [6.45, 7) is 3.92. The van der Waals surface area contributed by atoms with Crippen LogP contribution in [0.5, 0.6) is 0 Å². The molecule has 1 atom stereocenters. The summed E-state index contributed by atoms with van der Waals surface area (Å²) in [5.41, 5.74) is 1.81. The Hall–Kier alpha value is -2.02. The number of carbonyl (C=O) groups excluding carboxylic acids is 1. The van der Waals surface area contributed by atoms with E-state index in [1.54, 1.807) is 50.1 Å². The van der Waals surface area contributed by atoms with Gasteiger partial charge in [-0.1, -0.05) is 29.8 Å². The van der Waals surface area contributed by atoms with Gasteiger partial charge in [0.25, 0.3) is 0 Å². The lowest BCUT2D eigenvalue weighted by Gasteiger charge is -2.36. The number of carboxylic acids is 1. The van der Waals surface area contributed by atoms with E-state index in [0.29, 0.717) is 34.5 Å². The molecule has 0 spiro atoms. The van der Waals surface area contributed by atoms with Crippen LogP contribution in [-0.2, 0) is 19.1 Å². The summed E-state index contributed by atoms with van der Waals surface area (Å²) < 4.78 is 10.8. The molecule has 28 heavy (non-hydrogen) atoms. The molecule has 0 radical (unpaired) electrons. The number of likely N-dealkylation sites (N-methyl/N-ethyl adjacent to an activating group) is 1. The number of aliphatic carboxylic acids is 1. The van der Waals surface area contributed by atoms with Gasteiger partial charge in [-0.05, 0) is 25.5 Å². The topological polar surface area (TPSA) is 76.1 Å². The van der Waals surface area contributed by atoms with E-state index in [4.69, 9.17) is 32.7 Å². The van der Waals surface area contributed by atoms with Gasteiger partial charge in [0.1, 0.15) is 0 Å². The molecule has 1 aromatic rings. The van der Waals surface area contributed by atoms with Gasteiger partial charge in [-0.3, -0.25) is 0 Å². The average molecular weight is 428 g/mol. The Morgan fingerprint density at radius 3 is 2.50 bits per heavy atom. The van der Waals surface area contributed by atoms with Gasteiger partial charge in [0, 0.05) is 23.6 Å². The van der Waals surface area contributed by atoms with E-state index in [-0.39, 0.29) is 24.4 Å². The van der Waals surface area contributed by atoms with Crippen molar-refractivity contribution in [3.8, 4) is 0 Å². The highest BCUT2D eigenvalue weighted by molar-refractivity contribution is 6.31. The first kappa shape index (κ1) is 22.3. The predicted molar refractivity (Wildman–Crippen MR) is 107 cm³/mol. The molecule has 0 amide bonds. The number of alkyl halides is 1. The van der Waals surface area contributed by atoms with Crippen molar-refractivity contribution < 1.29 is 24.2 Å². The van der Waals surface area contributed by atoms with Crippen LogP contribution in [-0.4, -0.2) is 54.7 Å². The number of allylic oxidation sites excluding steroid dienone is 1. The monoisotopic (exact) mass is 427 g/mol. The minimum atomic E-state index is -1.13. The van der Waals surface area contributed by atoms with Crippen LogP contribution < -0.4 is 0 Å². The van der Waals surface area contributed by atoms with Crippen LogP contribution in [0.3, 0.4) is 0 Å². The molecule has 1 unspecified atom stereocenters. The van der Waals surface area contributed by atoms with E-state index in [0.717, 1.165) is 0 Å². The van der Waals surface area contributed by atoms with Crippen LogP contribution in [0.25, 0.3) is 0 Å². The first-order valence-electron chi connectivity index (χ1n) is 8.81. The van der Waals surface area contributed by atoms with Crippen LogP contribution in [0.2, 0.25) is 5.02 Å². The minimum absolute atomic E-state index is 0.0692. The van der Waals surface area contributed by atoms with Crippen molar-refractivity contribution in [2.75, 3.05) is 32.7 Å². The van der Waals surface area contributed by atoms with Crippen molar-refractivity contribution in [1.29, 1.82) is 0 Å². The lowest BCUT2D eigenvalue weighted by molar-refractivity contribution is -0.139. The largest absolute Gasteiger partial charge is 0.478 e. The number of hydrogen-bond acceptors (Lipinski definition) is 5. The molecule has 1 aliphatic rings. The summed E-state index contributed by atoms with van der Waals surface area (Å²) in [5.74, 6) is -2.31. The fourth-order valence-electron chi connectivity index (χ4n) is 3.22. The highest BCUT2D eigenvalue weighted by Crippen LogP contribution is 2.44. The lowest BCUT2D eigenvalue weighted by Crippen LogP contribution is -2.35. The molecule has 0 saturated heterocycles. The number of carboxylic acid groups (broad SMARTS) is 1. The van der Waals surface area contributed by atoms with Crippen molar-refractivity contribution in [3.05, 3.63) is 57.4 Å². The maximum Gasteiger partial charge on any atom is 0.336 e. The summed E-state index contributed by atoms with van der Waals surface area (Å²) in [4.78, 5) is 26.7. The van der Waals surface area contributed by atoms with Crippen molar-refractivity contribution >= 4 is 35.1 Å². The van der Waals surface area contributed by atoms with E-state index >= 15 is 0 Å². The van der Waals surface area contributed by atoms with E-state index in [1.807, 2.05) is 0 Å². The summed E-state index contributed by atoms with van der Waals surface area (Å²) >= 11 is 12.1. The molecule has 1 N–H and O–H groups in total. The van der Waals surface area contributed by atoms with Crippen molar-refractivity contribution in [3.63, 3.8) is 0 Å². The number of esters is 1. The van der Waals surface area contributed by atoms with Gasteiger partial charge in [-0.25, -0.2) is 9.59 Å². The number of rotatable bonds is 8. The second-order valence-corrected chi connectivity index (χ2v) is 6.93. The molecule has 1 heterocycles. The molecule has 0 fully saturated rings. The zero-order valence-corrected chi connectivity index (χ0v) is 17.5. The standard InChI is InChI=1S/C20H23Cl2NO5/c1-4-28-20(26)18-15(11-27-10-9-21)23(3)12(2)16(19(24)25)17(18)13-7-5-6-8-14(13)22/h5-8,17H,4,9-11H2,1-3H3,(H,24,25). The molecule has 1 aromatic carbocycles. The van der Waals surface area contributed by atoms with Crippen LogP contribution >= 0.6 is 23.2 Å². The van der Waals surface area contributed by atoms with Gasteiger partial charge in [-0.2, -0.15) is 0 Å². The predicted octanol–water partition coefficient (Wildman–Crippen LogP) is 3.80. The lowest BCUT2D eigenvalue weighted by atomic mass is 9.79. The van der Waals surface area contributed by atoms with Crippen molar-refractivity contribution in [1.82, 2.24) is 4.90 Å². The van der Waals surface area contributed by atoms with Crippen LogP contribution in [0, 0.1) is 0 Å². The summed E-state index contributed by atoms with van der Waals surface area (Å²) in [6, 6.07) is 6.87. The minimum Gasteiger partial charge on any atom is -0.478 e. The van der Waals surface area contributed by atoms with E-state index < -0.39 is 17.9 Å². The molecule has 0 saturated carbocycles. The van der Waals surface area contributed by atoms with Gasteiger partial charge >= 0.3 is 11.9 Å². The van der Waals surface area contributed by atoms with E-state index in [9.17, 15) is 14.7 Å². The number of nitrogens with zero attached hydrogens (tertiary/aromatic N) is 1. The van der Waals surface area contributed by atoms with Gasteiger partial charge < -0.3 is 19.5 Å². The molecule has 152 valence electrons. The molecule has 2 rings (SSSR count). The van der Waals surface area contributed by atoms with Crippen molar-refractivity contribution in [2.45, 2.75) is 19.8 Å². The Morgan fingerprint density at radius 1 is 1.25 bits per heavy atom. The summed E-state index contributed by atoms with van der Waals surface area (Å²) in [7, 11) is 1.69. The second-order valence-electron chi connectivity index (χ2n) is 6.14. The Labute approximate surface area is 174 Å². The number of ether oxygens (including phenoxy) is 2. The first-order chi connectivity index (χ1) is 13.3. The molecule has 6 nitrogen and oxygen atoms in total. The molecule has 0 aliphatic carbocycles. The Morgan fingerprint density at radius 2 is 1.93 bits per heavy atom. The number of benzene rings is 1. The summed E-state index contributed by atoms with van der Waals surface area (Å²) in [6.07, 6.45) is 0. The van der Waals surface area contributed by atoms with Gasteiger partial charge in [-0.15, -0.1) is 11.6 Å². The smallest absolute Gasteiger partial charge is 0.336 e. The molecular weight excluding hydrogens is 405 g/mol. The van der Waals surface area contributed by atoms with Crippen LogP contribution in [0.4, 0.5) is 0 Å². The fraction of sp³-hybridized carbons (Fsp3) is 0.400. The second kappa shape index (κ2) is 9.96. The molecule has 1 aliphatic heterocycles. The zero-order chi connectivity index (χ0) is 20.8. The van der Waals surface area contributed by atoms with Gasteiger partial charge in [0.2, 0.25) is 0 Å². The highest BCUT2D eigenvalue weighted by Gasteiger charge is 2.41. The Kier molecular flexibility index (Phi) is 7.92. The normalized spacial score (nSPS) is 17.2. The van der Waals surface area contributed by atoms with Gasteiger partial charge in [0.15, 0.2) is 0 Å². The highest BCUT2D eigenvalue weighted by atomic mass is 35.5. The fourth-order valence-corrected chi connectivity index (χ4v) is 3.58. The Bertz CT molecular complexity index is 819. The zero-order valence-electron chi connectivity index (χ0n) is 16.0. The molecule has 0 bridgehead atoms. The average Bonchev–Trinajstić information content (AvgIpc) is 2.65. The summed E-state index contributed by atoms with van der Waals surface area (Å²) in [5, 5.41) is 10.3. The third-order valence-electron chi connectivity index (χ3n) is 4.59. The third kappa shape index (κ3) is 4.51. The van der Waals surface area contributed by atoms with Crippen LogP contribution in [0.1, 0.15) is 25.3 Å². The quantitative estimate of drug-likeness (QED) is 0.386. The maximum absolute atomic E-state index is 12.9. The molecule has 8 heteroatoms. The third-order valence-corrected chi connectivity index (χ3v) is 5.09. The van der Waals surface area contributed by atoms with E-state index in [2.05, 4.69) is 0 Å².